The van der Waals surface area contributed by atoms with E-state index in [1.807, 2.05) is 30.3 Å². The van der Waals surface area contributed by atoms with Gasteiger partial charge >= 0.3 is 0 Å². The van der Waals surface area contributed by atoms with E-state index in [-0.39, 0.29) is 23.8 Å². The van der Waals surface area contributed by atoms with Crippen molar-refractivity contribution in [1.29, 1.82) is 0 Å². The summed E-state index contributed by atoms with van der Waals surface area (Å²) in [6, 6.07) is 10.1. The lowest BCUT2D eigenvalue weighted by Crippen LogP contribution is -2.21. The first kappa shape index (κ1) is 16.4. The van der Waals surface area contributed by atoms with E-state index in [1.165, 1.54) is 5.56 Å². The van der Waals surface area contributed by atoms with Crippen molar-refractivity contribution in [2.45, 2.75) is 12.8 Å². The van der Waals surface area contributed by atoms with E-state index in [1.54, 1.807) is 19.0 Å². The van der Waals surface area contributed by atoms with Gasteiger partial charge in [0.1, 0.15) is 0 Å². The van der Waals surface area contributed by atoms with E-state index in [0.717, 1.165) is 6.42 Å². The fourth-order valence-corrected chi connectivity index (χ4v) is 1.12. The highest BCUT2D eigenvalue weighted by Crippen LogP contribution is 2.03. The maximum Gasteiger partial charge on any atom is 0.222 e. The maximum atomic E-state index is 11.2. The maximum absolute atomic E-state index is 11.2. The second-order valence-electron chi connectivity index (χ2n) is 3.27. The Balaban J connectivity index is 0. The van der Waals surface area contributed by atoms with Crippen LogP contribution in [0.15, 0.2) is 30.3 Å². The van der Waals surface area contributed by atoms with Crippen LogP contribution in [-0.2, 0) is 11.2 Å². The Morgan fingerprint density at radius 1 is 1.20 bits per heavy atom. The molecular weight excluding hydrogens is 214 g/mol. The largest absolute Gasteiger partial charge is 0.412 e. The third-order valence-corrected chi connectivity index (χ3v) is 1.97. The van der Waals surface area contributed by atoms with Crippen LogP contribution >= 0.6 is 12.4 Å². The highest BCUT2D eigenvalue weighted by atomic mass is 35.5. The van der Waals surface area contributed by atoms with Gasteiger partial charge in [0.25, 0.3) is 0 Å². The number of amides is 1. The van der Waals surface area contributed by atoms with Crippen molar-refractivity contribution in [3.63, 3.8) is 0 Å². The van der Waals surface area contributed by atoms with E-state index in [9.17, 15) is 4.79 Å². The third kappa shape index (κ3) is 6.10. The molecule has 2 N–H and O–H groups in total. The second-order valence-corrected chi connectivity index (χ2v) is 3.27. The van der Waals surface area contributed by atoms with Gasteiger partial charge in [-0.15, -0.1) is 12.4 Å². The molecule has 4 heteroatoms. The summed E-state index contributed by atoms with van der Waals surface area (Å²) in [4.78, 5) is 12.9. The number of benzene rings is 1. The van der Waals surface area contributed by atoms with Crippen LogP contribution in [0.1, 0.15) is 12.0 Å². The zero-order valence-electron chi connectivity index (χ0n) is 9.06. The lowest BCUT2D eigenvalue weighted by Gasteiger charge is -2.09. The zero-order chi connectivity index (χ0) is 9.68. The van der Waals surface area contributed by atoms with Crippen molar-refractivity contribution in [2.24, 2.45) is 0 Å². The highest BCUT2D eigenvalue weighted by molar-refractivity contribution is 5.85. The molecule has 0 aliphatic carbocycles. The summed E-state index contributed by atoms with van der Waals surface area (Å²) in [6.45, 7) is 0. The van der Waals surface area contributed by atoms with Gasteiger partial charge in [-0.05, 0) is 12.0 Å². The molecule has 0 unspecified atom stereocenters. The molecule has 0 bridgehead atoms. The van der Waals surface area contributed by atoms with Crippen LogP contribution in [0, 0.1) is 0 Å². The van der Waals surface area contributed by atoms with Crippen molar-refractivity contribution < 1.29 is 10.3 Å². The number of hydrogen-bond acceptors (Lipinski definition) is 1. The third-order valence-electron chi connectivity index (χ3n) is 1.97. The van der Waals surface area contributed by atoms with Gasteiger partial charge in [-0.3, -0.25) is 4.79 Å². The molecule has 86 valence electrons. The lowest BCUT2D eigenvalue weighted by molar-refractivity contribution is -0.128. The van der Waals surface area contributed by atoms with Crippen LogP contribution in [0.3, 0.4) is 0 Å². The summed E-state index contributed by atoms with van der Waals surface area (Å²) in [7, 11) is 3.57. The topological polar surface area (TPSA) is 51.8 Å². The van der Waals surface area contributed by atoms with E-state index >= 15 is 0 Å². The Morgan fingerprint density at radius 3 is 2.20 bits per heavy atom. The molecule has 1 aromatic rings. The summed E-state index contributed by atoms with van der Waals surface area (Å²) in [5.74, 6) is 0.184. The number of carbonyl (C=O) groups is 1. The van der Waals surface area contributed by atoms with Crippen LogP contribution in [0.25, 0.3) is 0 Å². The molecule has 1 aromatic carbocycles. The fraction of sp³-hybridized carbons (Fsp3) is 0.364. The minimum Gasteiger partial charge on any atom is -0.412 e. The molecule has 15 heavy (non-hydrogen) atoms. The van der Waals surface area contributed by atoms with E-state index in [4.69, 9.17) is 0 Å². The van der Waals surface area contributed by atoms with Gasteiger partial charge < -0.3 is 10.4 Å². The minimum atomic E-state index is 0. The smallest absolute Gasteiger partial charge is 0.222 e. The average molecular weight is 232 g/mol. The molecule has 3 nitrogen and oxygen atoms in total. The molecular formula is C11H18ClNO2. The Bertz CT molecular complexity index is 275. The first-order chi connectivity index (χ1) is 6.20. The van der Waals surface area contributed by atoms with Crippen LogP contribution in [-0.4, -0.2) is 30.4 Å². The Morgan fingerprint density at radius 2 is 1.73 bits per heavy atom. The molecule has 0 heterocycles. The van der Waals surface area contributed by atoms with Crippen molar-refractivity contribution in [3.8, 4) is 0 Å². The van der Waals surface area contributed by atoms with E-state index in [2.05, 4.69) is 0 Å². The molecule has 0 aliphatic heterocycles. The van der Waals surface area contributed by atoms with Crippen LogP contribution in [0.4, 0.5) is 0 Å². The first-order valence-electron chi connectivity index (χ1n) is 4.44. The average Bonchev–Trinajstić information content (AvgIpc) is 2.15. The van der Waals surface area contributed by atoms with Gasteiger partial charge in [-0.2, -0.15) is 0 Å². The predicted molar refractivity (Wildman–Crippen MR) is 64.3 cm³/mol. The van der Waals surface area contributed by atoms with Gasteiger partial charge in [0.05, 0.1) is 0 Å². The molecule has 0 atom stereocenters. The Labute approximate surface area is 96.8 Å². The molecule has 1 rings (SSSR count). The van der Waals surface area contributed by atoms with E-state index in [0.29, 0.717) is 6.42 Å². The normalized spacial score (nSPS) is 8.40. The number of carbonyl (C=O) groups excluding carboxylic acids is 1. The molecule has 0 saturated heterocycles. The summed E-state index contributed by atoms with van der Waals surface area (Å²) < 4.78 is 0. The number of halogens is 1. The first-order valence-corrected chi connectivity index (χ1v) is 4.44. The molecule has 0 spiro atoms. The monoisotopic (exact) mass is 231 g/mol. The van der Waals surface area contributed by atoms with Crippen LogP contribution < -0.4 is 0 Å². The number of aryl methyl sites for hydroxylation is 1. The quantitative estimate of drug-likeness (QED) is 0.774. The summed E-state index contributed by atoms with van der Waals surface area (Å²) in [6.07, 6.45) is 1.43. The predicted octanol–water partition coefficient (Wildman–Crippen LogP) is 1.30. The Hall–Kier alpha value is -1.06. The van der Waals surface area contributed by atoms with Crippen molar-refractivity contribution in [2.75, 3.05) is 14.1 Å². The highest BCUT2D eigenvalue weighted by Gasteiger charge is 2.03. The van der Waals surface area contributed by atoms with Crippen molar-refractivity contribution >= 4 is 18.3 Å². The standard InChI is InChI=1S/C11H15NO.ClH.H2O/c1-12(2)11(13)9-8-10-6-4-3-5-7-10;;/h3-7H,8-9H2,1-2H3;1H;1H2. The minimum absolute atomic E-state index is 0. The van der Waals surface area contributed by atoms with Gasteiger partial charge in [-0.25, -0.2) is 0 Å². The second kappa shape index (κ2) is 8.26. The van der Waals surface area contributed by atoms with Crippen LogP contribution in [0.2, 0.25) is 0 Å². The summed E-state index contributed by atoms with van der Waals surface area (Å²) in [5.41, 5.74) is 1.22. The molecule has 1 amide bonds. The van der Waals surface area contributed by atoms with Crippen molar-refractivity contribution in [1.82, 2.24) is 4.90 Å². The molecule has 0 aromatic heterocycles. The fourth-order valence-electron chi connectivity index (χ4n) is 1.12. The molecule has 0 radical (unpaired) electrons. The summed E-state index contributed by atoms with van der Waals surface area (Å²) in [5, 5.41) is 0. The van der Waals surface area contributed by atoms with Crippen molar-refractivity contribution in [3.05, 3.63) is 35.9 Å². The van der Waals surface area contributed by atoms with Gasteiger partial charge in [0, 0.05) is 20.5 Å². The number of rotatable bonds is 3. The molecule has 0 aliphatic rings. The summed E-state index contributed by atoms with van der Waals surface area (Å²) >= 11 is 0. The van der Waals surface area contributed by atoms with E-state index < -0.39 is 0 Å². The van der Waals surface area contributed by atoms with Gasteiger partial charge in [0.15, 0.2) is 0 Å². The Kier molecular flexibility index (Phi) is 9.02. The number of nitrogens with zero attached hydrogens (tertiary/aromatic N) is 1. The van der Waals surface area contributed by atoms with Crippen LogP contribution in [0.5, 0.6) is 0 Å². The number of hydrogen-bond donors (Lipinski definition) is 0. The lowest BCUT2D eigenvalue weighted by atomic mass is 10.1. The van der Waals surface area contributed by atoms with Gasteiger partial charge in [0.2, 0.25) is 5.91 Å². The zero-order valence-corrected chi connectivity index (χ0v) is 9.88. The SMILES string of the molecule is CN(C)C(=O)CCc1ccccc1.Cl.O. The van der Waals surface area contributed by atoms with Gasteiger partial charge in [-0.1, -0.05) is 30.3 Å². The molecule has 0 saturated carbocycles. The molecule has 0 fully saturated rings.